The average Bonchev–Trinajstić information content (AvgIpc) is 2.57. The lowest BCUT2D eigenvalue weighted by atomic mass is 10.5. The third kappa shape index (κ3) is 3.85. The van der Waals surface area contributed by atoms with E-state index in [1.54, 1.807) is 11.3 Å². The Morgan fingerprint density at radius 2 is 2.50 bits per heavy atom. The predicted molar refractivity (Wildman–Crippen MR) is 53.7 cm³/mol. The summed E-state index contributed by atoms with van der Waals surface area (Å²) >= 11 is 7.12. The van der Waals surface area contributed by atoms with Crippen molar-refractivity contribution in [1.29, 1.82) is 0 Å². The average molecular weight is 203 g/mol. The molecule has 0 bridgehead atoms. The summed E-state index contributed by atoms with van der Waals surface area (Å²) in [6, 6.07) is 0. The Hall–Kier alpha value is -0.380. The van der Waals surface area contributed by atoms with Crippen LogP contribution in [0.4, 0.5) is 0 Å². The molecule has 0 fully saturated rings. The largest absolute Gasteiger partial charge is 0.308 e. The quantitative estimate of drug-likeness (QED) is 0.449. The van der Waals surface area contributed by atoms with E-state index in [2.05, 4.69) is 10.3 Å². The van der Waals surface area contributed by atoms with Crippen molar-refractivity contribution < 1.29 is 0 Å². The molecule has 1 aromatic rings. The van der Waals surface area contributed by atoms with Crippen molar-refractivity contribution in [3.8, 4) is 0 Å². The van der Waals surface area contributed by atoms with Crippen LogP contribution >= 0.6 is 22.9 Å². The maximum Gasteiger partial charge on any atom is 0.0794 e. The molecule has 0 atom stereocenters. The van der Waals surface area contributed by atoms with Gasteiger partial charge in [-0.15, -0.1) is 22.9 Å². The molecule has 1 heterocycles. The molecule has 1 rings (SSSR count). The highest BCUT2D eigenvalue weighted by atomic mass is 35.5. The van der Waals surface area contributed by atoms with E-state index in [1.807, 2.05) is 23.9 Å². The Bertz CT molecular complexity index is 221. The number of nitrogens with zero attached hydrogens (tertiary/aromatic N) is 1. The van der Waals surface area contributed by atoms with Crippen molar-refractivity contribution in [2.75, 3.05) is 12.4 Å². The third-order valence-electron chi connectivity index (χ3n) is 1.30. The Kier molecular flexibility index (Phi) is 4.99. The Morgan fingerprint density at radius 1 is 1.58 bits per heavy atom. The van der Waals surface area contributed by atoms with E-state index >= 15 is 0 Å². The molecule has 66 valence electrons. The summed E-state index contributed by atoms with van der Waals surface area (Å²) in [6.07, 6.45) is 5.83. The molecule has 0 aliphatic rings. The predicted octanol–water partition coefficient (Wildman–Crippen LogP) is 2.03. The maximum absolute atomic E-state index is 5.46. The number of aromatic nitrogens is 1. The van der Waals surface area contributed by atoms with Crippen LogP contribution in [0.15, 0.2) is 23.9 Å². The molecule has 0 spiro atoms. The van der Waals surface area contributed by atoms with Crippen molar-refractivity contribution in [1.82, 2.24) is 10.3 Å². The van der Waals surface area contributed by atoms with Crippen LogP contribution in [0, 0.1) is 0 Å². The minimum Gasteiger partial charge on any atom is -0.308 e. The van der Waals surface area contributed by atoms with Gasteiger partial charge in [-0.25, -0.2) is 0 Å². The standard InChI is InChI=1S/C8H11ClN2S/c9-3-1-2-4-10-5-8-6-11-7-12-8/h1-2,6-7,10H,3-5H2/b2-1+. The van der Waals surface area contributed by atoms with Gasteiger partial charge < -0.3 is 5.32 Å². The zero-order valence-corrected chi connectivity index (χ0v) is 8.24. The number of hydrogen-bond acceptors (Lipinski definition) is 3. The summed E-state index contributed by atoms with van der Waals surface area (Å²) in [4.78, 5) is 5.24. The van der Waals surface area contributed by atoms with E-state index < -0.39 is 0 Å². The van der Waals surface area contributed by atoms with Crippen LogP contribution in [-0.2, 0) is 6.54 Å². The van der Waals surface area contributed by atoms with Crippen molar-refractivity contribution in [2.24, 2.45) is 0 Å². The highest BCUT2D eigenvalue weighted by molar-refractivity contribution is 7.09. The molecular weight excluding hydrogens is 192 g/mol. The van der Waals surface area contributed by atoms with Gasteiger partial charge in [0.05, 0.1) is 5.51 Å². The summed E-state index contributed by atoms with van der Waals surface area (Å²) in [5, 5.41) is 3.25. The molecule has 4 heteroatoms. The van der Waals surface area contributed by atoms with E-state index in [-0.39, 0.29) is 0 Å². The Labute approximate surface area is 81.3 Å². The van der Waals surface area contributed by atoms with E-state index in [0.29, 0.717) is 5.88 Å². The normalized spacial score (nSPS) is 11.1. The van der Waals surface area contributed by atoms with Crippen LogP contribution in [0.5, 0.6) is 0 Å². The molecule has 0 unspecified atom stereocenters. The second-order valence-electron chi connectivity index (χ2n) is 2.22. The lowest BCUT2D eigenvalue weighted by molar-refractivity contribution is 0.768. The van der Waals surface area contributed by atoms with Crippen molar-refractivity contribution in [3.05, 3.63) is 28.7 Å². The molecule has 1 aromatic heterocycles. The summed E-state index contributed by atoms with van der Waals surface area (Å²) in [7, 11) is 0. The second kappa shape index (κ2) is 6.17. The highest BCUT2D eigenvalue weighted by Crippen LogP contribution is 2.03. The first-order valence-corrected chi connectivity index (χ1v) is 5.14. The summed E-state index contributed by atoms with van der Waals surface area (Å²) in [6.45, 7) is 1.75. The summed E-state index contributed by atoms with van der Waals surface area (Å²) in [5.74, 6) is 0.586. The molecule has 0 saturated carbocycles. The van der Waals surface area contributed by atoms with Crippen LogP contribution < -0.4 is 5.32 Å². The zero-order chi connectivity index (χ0) is 8.65. The smallest absolute Gasteiger partial charge is 0.0794 e. The fourth-order valence-corrected chi connectivity index (χ4v) is 1.44. The number of hydrogen-bond donors (Lipinski definition) is 1. The van der Waals surface area contributed by atoms with Crippen molar-refractivity contribution in [2.45, 2.75) is 6.54 Å². The second-order valence-corrected chi connectivity index (χ2v) is 3.50. The van der Waals surface area contributed by atoms with E-state index in [9.17, 15) is 0 Å². The lowest BCUT2D eigenvalue weighted by Gasteiger charge is -1.96. The zero-order valence-electron chi connectivity index (χ0n) is 6.66. The number of halogens is 1. The van der Waals surface area contributed by atoms with Crippen molar-refractivity contribution in [3.63, 3.8) is 0 Å². The van der Waals surface area contributed by atoms with Crippen molar-refractivity contribution >= 4 is 22.9 Å². The van der Waals surface area contributed by atoms with Crippen LogP contribution in [0.25, 0.3) is 0 Å². The van der Waals surface area contributed by atoms with Crippen LogP contribution in [0.2, 0.25) is 0 Å². The van der Waals surface area contributed by atoms with Gasteiger partial charge in [-0.3, -0.25) is 4.98 Å². The molecule has 2 nitrogen and oxygen atoms in total. The van der Waals surface area contributed by atoms with Gasteiger partial charge in [0.15, 0.2) is 0 Å². The van der Waals surface area contributed by atoms with E-state index in [0.717, 1.165) is 13.1 Å². The van der Waals surface area contributed by atoms with Gasteiger partial charge in [-0.1, -0.05) is 12.2 Å². The topological polar surface area (TPSA) is 24.9 Å². The number of allylic oxidation sites excluding steroid dienone is 1. The molecular formula is C8H11ClN2S. The Balaban J connectivity index is 2.07. The van der Waals surface area contributed by atoms with Gasteiger partial charge >= 0.3 is 0 Å². The number of rotatable bonds is 5. The minimum atomic E-state index is 0.586. The third-order valence-corrected chi connectivity index (χ3v) is 2.26. The molecule has 0 radical (unpaired) electrons. The van der Waals surface area contributed by atoms with Crippen LogP contribution in [0.1, 0.15) is 4.88 Å². The van der Waals surface area contributed by atoms with Gasteiger partial charge in [0.2, 0.25) is 0 Å². The summed E-state index contributed by atoms with van der Waals surface area (Å²) < 4.78 is 0. The molecule has 0 aliphatic carbocycles. The molecule has 0 aromatic carbocycles. The molecule has 12 heavy (non-hydrogen) atoms. The van der Waals surface area contributed by atoms with Gasteiger partial charge in [-0.2, -0.15) is 0 Å². The Morgan fingerprint density at radius 3 is 3.17 bits per heavy atom. The fraction of sp³-hybridized carbons (Fsp3) is 0.375. The van der Waals surface area contributed by atoms with E-state index in [4.69, 9.17) is 11.6 Å². The first-order chi connectivity index (χ1) is 5.93. The number of thiazole rings is 1. The lowest BCUT2D eigenvalue weighted by Crippen LogP contribution is -2.11. The SMILES string of the molecule is ClC/C=C/CNCc1cncs1. The maximum atomic E-state index is 5.46. The van der Waals surface area contributed by atoms with E-state index in [1.165, 1.54) is 4.88 Å². The number of alkyl halides is 1. The molecule has 0 aliphatic heterocycles. The molecule has 0 amide bonds. The highest BCUT2D eigenvalue weighted by Gasteiger charge is 1.90. The van der Waals surface area contributed by atoms with Crippen LogP contribution in [-0.4, -0.2) is 17.4 Å². The molecule has 1 N–H and O–H groups in total. The fourth-order valence-electron chi connectivity index (χ4n) is 0.754. The van der Waals surface area contributed by atoms with Gasteiger partial charge in [0.1, 0.15) is 0 Å². The van der Waals surface area contributed by atoms with Gasteiger partial charge in [0.25, 0.3) is 0 Å². The number of nitrogens with one attached hydrogen (secondary N) is 1. The molecule has 0 saturated heterocycles. The minimum absolute atomic E-state index is 0.586. The van der Waals surface area contributed by atoms with Gasteiger partial charge in [0, 0.05) is 30.0 Å². The monoisotopic (exact) mass is 202 g/mol. The first-order valence-electron chi connectivity index (χ1n) is 3.72. The summed E-state index contributed by atoms with van der Waals surface area (Å²) in [5.41, 5.74) is 1.84. The first kappa shape index (κ1) is 9.71. The van der Waals surface area contributed by atoms with Crippen LogP contribution in [0.3, 0.4) is 0 Å². The van der Waals surface area contributed by atoms with Gasteiger partial charge in [-0.05, 0) is 0 Å².